The second-order valence-electron chi connectivity index (χ2n) is 5.80. The molecule has 0 saturated carbocycles. The summed E-state index contributed by atoms with van der Waals surface area (Å²) in [5, 5.41) is 10.2. The van der Waals surface area contributed by atoms with Gasteiger partial charge < -0.3 is 9.67 Å². The average molecular weight is 355 g/mol. The first-order valence-corrected chi connectivity index (χ1v) is 9.76. The van der Waals surface area contributed by atoms with Crippen molar-refractivity contribution in [3.8, 4) is 11.3 Å². The average Bonchev–Trinajstić information content (AvgIpc) is 2.89. The van der Waals surface area contributed by atoms with Crippen molar-refractivity contribution in [2.24, 2.45) is 7.05 Å². The molecule has 3 aromatic rings. The number of para-hydroxylation sites is 1. The maximum Gasteiger partial charge on any atom is 0.304 e. The Bertz CT molecular complexity index is 932. The lowest BCUT2D eigenvalue weighted by molar-refractivity contribution is -0.136. The fraction of sp³-hybridized carbons (Fsp3) is 0.211. The van der Waals surface area contributed by atoms with E-state index in [1.54, 1.807) is 11.8 Å². The molecule has 1 N–H and O–H groups in total. The molecule has 0 bridgehead atoms. The second kappa shape index (κ2) is 6.22. The molecule has 3 nitrogen and oxygen atoms in total. The highest BCUT2D eigenvalue weighted by Crippen LogP contribution is 2.56. The highest BCUT2D eigenvalue weighted by atomic mass is 32.2. The van der Waals surface area contributed by atoms with E-state index in [0.717, 1.165) is 0 Å². The molecule has 1 aliphatic rings. The Kier molecular flexibility index (Phi) is 4.06. The number of fused-ring (bicyclic) bond motifs is 5. The van der Waals surface area contributed by atoms with Crippen LogP contribution in [0.5, 0.6) is 0 Å². The number of carboxylic acid groups (broad SMARTS) is 1. The van der Waals surface area contributed by atoms with Crippen molar-refractivity contribution in [2.45, 2.75) is 15.9 Å². The smallest absolute Gasteiger partial charge is 0.304 e. The fourth-order valence-electron chi connectivity index (χ4n) is 3.30. The first-order chi connectivity index (χ1) is 11.7. The summed E-state index contributed by atoms with van der Waals surface area (Å²) in [6.07, 6.45) is 0.198. The molecule has 0 saturated heterocycles. The predicted molar refractivity (Wildman–Crippen MR) is 102 cm³/mol. The van der Waals surface area contributed by atoms with Crippen molar-refractivity contribution in [2.75, 3.05) is 5.75 Å². The van der Waals surface area contributed by atoms with Gasteiger partial charge in [-0.1, -0.05) is 36.4 Å². The van der Waals surface area contributed by atoms with Gasteiger partial charge in [-0.3, -0.25) is 4.79 Å². The van der Waals surface area contributed by atoms with Crippen LogP contribution >= 0.6 is 23.5 Å². The molecule has 24 heavy (non-hydrogen) atoms. The monoisotopic (exact) mass is 355 g/mol. The summed E-state index contributed by atoms with van der Waals surface area (Å²) in [7, 11) is 2.12. The highest BCUT2D eigenvalue weighted by Gasteiger charge is 2.30. The van der Waals surface area contributed by atoms with E-state index < -0.39 is 5.97 Å². The maximum atomic E-state index is 10.9. The zero-order valence-electron chi connectivity index (χ0n) is 13.2. The minimum Gasteiger partial charge on any atom is -0.481 e. The number of aryl methyl sites for hydroxylation is 1. The van der Waals surface area contributed by atoms with E-state index in [1.165, 1.54) is 32.6 Å². The Hall–Kier alpha value is -1.85. The van der Waals surface area contributed by atoms with Gasteiger partial charge >= 0.3 is 5.97 Å². The summed E-state index contributed by atoms with van der Waals surface area (Å²) in [6.45, 7) is 0. The number of aromatic nitrogens is 1. The van der Waals surface area contributed by atoms with Crippen LogP contribution in [0.25, 0.3) is 22.2 Å². The van der Waals surface area contributed by atoms with Crippen LogP contribution in [0.4, 0.5) is 0 Å². The molecule has 1 unspecified atom stereocenters. The van der Waals surface area contributed by atoms with Crippen LogP contribution in [0.1, 0.15) is 16.6 Å². The number of carboxylic acids is 1. The van der Waals surface area contributed by atoms with Gasteiger partial charge in [0.05, 0.1) is 16.7 Å². The molecular weight excluding hydrogens is 338 g/mol. The molecule has 0 amide bonds. The number of rotatable bonds is 4. The molecule has 4 rings (SSSR count). The molecule has 0 fully saturated rings. The first-order valence-electron chi connectivity index (χ1n) is 7.83. The molecule has 0 aliphatic carbocycles. The van der Waals surface area contributed by atoms with E-state index >= 15 is 0 Å². The Morgan fingerprint density at radius 1 is 1.21 bits per heavy atom. The summed E-state index contributed by atoms with van der Waals surface area (Å²) in [5.74, 6) is -0.112. The molecular formula is C19H17NO2S2. The van der Waals surface area contributed by atoms with Crippen LogP contribution in [0.15, 0.2) is 53.4 Å². The normalized spacial score (nSPS) is 16.0. The molecule has 1 atom stereocenters. The van der Waals surface area contributed by atoms with Crippen molar-refractivity contribution in [3.63, 3.8) is 0 Å². The molecule has 2 heterocycles. The molecule has 1 aromatic heterocycles. The van der Waals surface area contributed by atoms with Gasteiger partial charge in [0.2, 0.25) is 0 Å². The summed E-state index contributed by atoms with van der Waals surface area (Å²) in [6, 6.07) is 17.0. The van der Waals surface area contributed by atoms with Crippen LogP contribution in [0, 0.1) is 0 Å². The number of nitrogens with zero attached hydrogens (tertiary/aromatic N) is 1. The molecule has 0 spiro atoms. The number of aliphatic carboxylic acids is 1. The lowest BCUT2D eigenvalue weighted by Gasteiger charge is -2.25. The molecule has 0 radical (unpaired) electrons. The van der Waals surface area contributed by atoms with Gasteiger partial charge in [0.1, 0.15) is 0 Å². The lowest BCUT2D eigenvalue weighted by Crippen LogP contribution is -2.04. The van der Waals surface area contributed by atoms with Crippen molar-refractivity contribution >= 4 is 40.4 Å². The number of thioether (sulfide) groups is 2. The third-order valence-electron chi connectivity index (χ3n) is 4.34. The van der Waals surface area contributed by atoms with Crippen LogP contribution < -0.4 is 0 Å². The molecule has 1 aliphatic heterocycles. The van der Waals surface area contributed by atoms with Gasteiger partial charge in [-0.05, 0) is 12.1 Å². The van der Waals surface area contributed by atoms with Gasteiger partial charge in [-0.15, -0.1) is 23.5 Å². The van der Waals surface area contributed by atoms with Gasteiger partial charge in [0.25, 0.3) is 0 Å². The van der Waals surface area contributed by atoms with Crippen LogP contribution in [-0.2, 0) is 11.8 Å². The summed E-state index contributed by atoms with van der Waals surface area (Å²) < 4.78 is 2.49. The van der Waals surface area contributed by atoms with Gasteiger partial charge in [-0.2, -0.15) is 0 Å². The Morgan fingerprint density at radius 3 is 2.79 bits per heavy atom. The molecule has 5 heteroatoms. The van der Waals surface area contributed by atoms with Crippen LogP contribution in [0.2, 0.25) is 0 Å². The van der Waals surface area contributed by atoms with E-state index in [1.807, 2.05) is 11.8 Å². The SMILES string of the molecule is Cn1c2c(c3ccccc31)C(SCCC(=O)O)Sc1ccccc1-2. The first kappa shape index (κ1) is 15.7. The standard InChI is InChI=1S/C19H17NO2S2/c1-20-14-8-4-2-6-12(14)17-18(20)13-7-3-5-9-15(13)24-19(17)23-11-10-16(21)22/h2-9,19H,10-11H2,1H3,(H,21,22). The van der Waals surface area contributed by atoms with E-state index in [9.17, 15) is 4.79 Å². The quantitative estimate of drug-likeness (QED) is 0.702. The molecule has 122 valence electrons. The zero-order valence-corrected chi connectivity index (χ0v) is 14.9. The Balaban J connectivity index is 1.87. The van der Waals surface area contributed by atoms with Crippen LogP contribution in [-0.4, -0.2) is 21.4 Å². The van der Waals surface area contributed by atoms with Crippen LogP contribution in [0.3, 0.4) is 0 Å². The maximum absolute atomic E-state index is 10.9. The molecule has 2 aromatic carbocycles. The second-order valence-corrected chi connectivity index (χ2v) is 8.46. The minimum absolute atomic E-state index is 0.198. The number of benzene rings is 2. The zero-order chi connectivity index (χ0) is 16.7. The number of carbonyl (C=O) groups is 1. The van der Waals surface area contributed by atoms with Crippen molar-refractivity contribution in [3.05, 3.63) is 54.1 Å². The van der Waals surface area contributed by atoms with Crippen molar-refractivity contribution < 1.29 is 9.90 Å². The van der Waals surface area contributed by atoms with Gasteiger partial charge in [0, 0.05) is 39.7 Å². The predicted octanol–water partition coefficient (Wildman–Crippen LogP) is 5.16. The van der Waals surface area contributed by atoms with Crippen molar-refractivity contribution in [1.29, 1.82) is 0 Å². The van der Waals surface area contributed by atoms with E-state index in [-0.39, 0.29) is 11.0 Å². The Morgan fingerprint density at radius 2 is 1.96 bits per heavy atom. The summed E-state index contributed by atoms with van der Waals surface area (Å²) in [4.78, 5) is 12.1. The van der Waals surface area contributed by atoms with E-state index in [2.05, 4.69) is 60.1 Å². The van der Waals surface area contributed by atoms with Crippen molar-refractivity contribution in [1.82, 2.24) is 4.57 Å². The lowest BCUT2D eigenvalue weighted by atomic mass is 10.1. The fourth-order valence-corrected chi connectivity index (χ4v) is 6.12. The highest BCUT2D eigenvalue weighted by molar-refractivity contribution is 8.16. The Labute approximate surface area is 149 Å². The minimum atomic E-state index is -0.734. The topological polar surface area (TPSA) is 42.2 Å². The number of hydrogen-bond donors (Lipinski definition) is 1. The van der Waals surface area contributed by atoms with Gasteiger partial charge in [0.15, 0.2) is 0 Å². The third-order valence-corrected chi connectivity index (χ3v) is 7.08. The van der Waals surface area contributed by atoms with Gasteiger partial charge in [-0.25, -0.2) is 0 Å². The summed E-state index contributed by atoms with van der Waals surface area (Å²) in [5.41, 5.74) is 5.08. The third kappa shape index (κ3) is 2.52. The number of hydrogen-bond acceptors (Lipinski definition) is 3. The van der Waals surface area contributed by atoms with E-state index in [0.29, 0.717) is 5.75 Å². The summed E-state index contributed by atoms with van der Waals surface area (Å²) >= 11 is 3.57. The van der Waals surface area contributed by atoms with E-state index in [4.69, 9.17) is 5.11 Å². The largest absolute Gasteiger partial charge is 0.481 e.